The van der Waals surface area contributed by atoms with E-state index in [4.69, 9.17) is 4.74 Å². The van der Waals surface area contributed by atoms with Crippen LogP contribution in [0.3, 0.4) is 0 Å². The Balaban J connectivity index is 1.32. The molecule has 1 atom stereocenters. The molecule has 2 fully saturated rings. The first-order chi connectivity index (χ1) is 12.4. The van der Waals surface area contributed by atoms with Crippen LogP contribution in [0.4, 0.5) is 0 Å². The Morgan fingerprint density at radius 2 is 2.04 bits per heavy atom. The highest BCUT2D eigenvalue weighted by Crippen LogP contribution is 2.30. The summed E-state index contributed by atoms with van der Waals surface area (Å²) in [4.78, 5) is 11.3. The summed E-state index contributed by atoms with van der Waals surface area (Å²) >= 11 is 0. The standard InChI is InChI=1S/C20H28N4O/c1-2-8-18(7-1)24-16-21-12-19(24)13-23-11-5-9-20(14-23)25-15-17-6-3-4-10-22-17/h3-4,6,10,12,16,18,20H,1-2,5,7-9,11,13-15H2. The number of piperidine rings is 1. The van der Waals surface area contributed by atoms with Gasteiger partial charge in [-0.25, -0.2) is 4.98 Å². The Labute approximate surface area is 150 Å². The van der Waals surface area contributed by atoms with Crippen molar-refractivity contribution in [1.82, 2.24) is 19.4 Å². The summed E-state index contributed by atoms with van der Waals surface area (Å²) in [7, 11) is 0. The van der Waals surface area contributed by atoms with Gasteiger partial charge in [0, 0.05) is 31.5 Å². The highest BCUT2D eigenvalue weighted by molar-refractivity contribution is 5.03. The summed E-state index contributed by atoms with van der Waals surface area (Å²) in [6.45, 7) is 3.75. The van der Waals surface area contributed by atoms with E-state index >= 15 is 0 Å². The van der Waals surface area contributed by atoms with Crippen LogP contribution in [0.15, 0.2) is 36.9 Å². The second-order valence-electron chi connectivity index (χ2n) is 7.36. The lowest BCUT2D eigenvalue weighted by Crippen LogP contribution is -2.39. The zero-order valence-corrected chi connectivity index (χ0v) is 14.9. The van der Waals surface area contributed by atoms with Crippen molar-refractivity contribution >= 4 is 0 Å². The minimum absolute atomic E-state index is 0.304. The van der Waals surface area contributed by atoms with Crippen molar-refractivity contribution in [3.8, 4) is 0 Å². The van der Waals surface area contributed by atoms with Crippen molar-refractivity contribution in [2.45, 2.75) is 63.8 Å². The predicted molar refractivity (Wildman–Crippen MR) is 97.1 cm³/mol. The molecule has 5 nitrogen and oxygen atoms in total. The van der Waals surface area contributed by atoms with Crippen molar-refractivity contribution in [3.05, 3.63) is 48.3 Å². The van der Waals surface area contributed by atoms with Gasteiger partial charge in [-0.15, -0.1) is 0 Å². The molecule has 4 rings (SSSR count). The van der Waals surface area contributed by atoms with Crippen LogP contribution in [0.2, 0.25) is 0 Å². The molecule has 0 spiro atoms. The minimum Gasteiger partial charge on any atom is -0.371 e. The maximum absolute atomic E-state index is 6.12. The van der Waals surface area contributed by atoms with Crippen molar-refractivity contribution in [2.75, 3.05) is 13.1 Å². The average molecular weight is 340 g/mol. The number of ether oxygens (including phenoxy) is 1. The smallest absolute Gasteiger partial charge is 0.0951 e. The molecule has 2 aromatic rings. The number of rotatable bonds is 6. The fourth-order valence-electron chi connectivity index (χ4n) is 4.17. The average Bonchev–Trinajstić information content (AvgIpc) is 3.33. The number of aromatic nitrogens is 3. The first-order valence-corrected chi connectivity index (χ1v) is 9.63. The molecule has 3 heterocycles. The van der Waals surface area contributed by atoms with Gasteiger partial charge >= 0.3 is 0 Å². The first-order valence-electron chi connectivity index (χ1n) is 9.63. The van der Waals surface area contributed by atoms with Gasteiger partial charge in [0.25, 0.3) is 0 Å². The van der Waals surface area contributed by atoms with Crippen molar-refractivity contribution in [1.29, 1.82) is 0 Å². The second kappa shape index (κ2) is 8.11. The van der Waals surface area contributed by atoms with Gasteiger partial charge in [0.05, 0.1) is 30.4 Å². The fraction of sp³-hybridized carbons (Fsp3) is 0.600. The molecule has 2 aromatic heterocycles. The molecular weight excluding hydrogens is 312 g/mol. The van der Waals surface area contributed by atoms with E-state index < -0.39 is 0 Å². The van der Waals surface area contributed by atoms with E-state index in [9.17, 15) is 0 Å². The molecule has 1 aliphatic heterocycles. The van der Waals surface area contributed by atoms with Gasteiger partial charge in [-0.3, -0.25) is 9.88 Å². The van der Waals surface area contributed by atoms with Gasteiger partial charge in [-0.1, -0.05) is 18.9 Å². The summed E-state index contributed by atoms with van der Waals surface area (Å²) in [5.74, 6) is 0. The third-order valence-electron chi connectivity index (χ3n) is 5.51. The normalized spacial score (nSPS) is 22.5. The van der Waals surface area contributed by atoms with Gasteiger partial charge < -0.3 is 9.30 Å². The van der Waals surface area contributed by atoms with E-state index in [2.05, 4.69) is 25.6 Å². The van der Waals surface area contributed by atoms with Crippen LogP contribution in [0.5, 0.6) is 0 Å². The molecule has 0 bridgehead atoms. The van der Waals surface area contributed by atoms with Crippen LogP contribution < -0.4 is 0 Å². The molecule has 1 saturated carbocycles. The monoisotopic (exact) mass is 340 g/mol. The van der Waals surface area contributed by atoms with Crippen LogP contribution in [-0.2, 0) is 17.9 Å². The Hall–Kier alpha value is -1.72. The van der Waals surface area contributed by atoms with E-state index in [1.807, 2.05) is 30.7 Å². The predicted octanol–water partition coefficient (Wildman–Crippen LogP) is 3.57. The number of imidazole rings is 1. The highest BCUT2D eigenvalue weighted by Gasteiger charge is 2.24. The van der Waals surface area contributed by atoms with E-state index in [1.54, 1.807) is 0 Å². The Kier molecular flexibility index (Phi) is 5.43. The van der Waals surface area contributed by atoms with Crippen LogP contribution >= 0.6 is 0 Å². The number of nitrogens with zero attached hydrogens (tertiary/aromatic N) is 4. The Morgan fingerprint density at radius 1 is 1.12 bits per heavy atom. The maximum atomic E-state index is 6.12. The number of likely N-dealkylation sites (tertiary alicyclic amines) is 1. The Bertz CT molecular complexity index is 651. The van der Waals surface area contributed by atoms with E-state index in [0.717, 1.165) is 31.7 Å². The zero-order chi connectivity index (χ0) is 16.9. The molecule has 1 unspecified atom stereocenters. The van der Waals surface area contributed by atoms with E-state index in [1.165, 1.54) is 37.8 Å². The van der Waals surface area contributed by atoms with Crippen LogP contribution in [0, 0.1) is 0 Å². The summed E-state index contributed by atoms with van der Waals surface area (Å²) in [5, 5.41) is 0. The zero-order valence-electron chi connectivity index (χ0n) is 14.9. The third-order valence-corrected chi connectivity index (χ3v) is 5.51. The topological polar surface area (TPSA) is 43.2 Å². The Morgan fingerprint density at radius 3 is 2.88 bits per heavy atom. The minimum atomic E-state index is 0.304. The summed E-state index contributed by atoms with van der Waals surface area (Å²) in [5.41, 5.74) is 2.37. The molecule has 0 amide bonds. The summed E-state index contributed by atoms with van der Waals surface area (Å²) in [6, 6.07) is 6.65. The maximum Gasteiger partial charge on any atom is 0.0951 e. The molecule has 1 aliphatic carbocycles. The van der Waals surface area contributed by atoms with Crippen molar-refractivity contribution in [2.24, 2.45) is 0 Å². The number of pyridine rings is 1. The molecule has 0 N–H and O–H groups in total. The summed E-state index contributed by atoms with van der Waals surface area (Å²) < 4.78 is 8.54. The van der Waals surface area contributed by atoms with Gasteiger partial charge in [-0.05, 0) is 44.4 Å². The lowest BCUT2D eigenvalue weighted by atomic mass is 10.1. The number of hydrogen-bond acceptors (Lipinski definition) is 4. The molecule has 134 valence electrons. The van der Waals surface area contributed by atoms with Crippen LogP contribution in [0.1, 0.15) is 56.0 Å². The molecule has 1 saturated heterocycles. The lowest BCUT2D eigenvalue weighted by Gasteiger charge is -2.33. The molecule has 0 radical (unpaired) electrons. The van der Waals surface area contributed by atoms with Crippen molar-refractivity contribution in [3.63, 3.8) is 0 Å². The SMILES string of the molecule is c1ccc(COC2CCCN(Cc3cncn3C3CCCC3)C2)nc1. The van der Waals surface area contributed by atoms with Gasteiger partial charge in [-0.2, -0.15) is 0 Å². The third kappa shape index (κ3) is 4.28. The molecule has 0 aromatic carbocycles. The first kappa shape index (κ1) is 16.7. The fourth-order valence-corrected chi connectivity index (χ4v) is 4.17. The molecule has 5 heteroatoms. The molecule has 2 aliphatic rings. The lowest BCUT2D eigenvalue weighted by molar-refractivity contribution is -0.0138. The van der Waals surface area contributed by atoms with Crippen LogP contribution in [-0.4, -0.2) is 38.6 Å². The van der Waals surface area contributed by atoms with Crippen molar-refractivity contribution < 1.29 is 4.74 Å². The highest BCUT2D eigenvalue weighted by atomic mass is 16.5. The largest absolute Gasteiger partial charge is 0.371 e. The summed E-state index contributed by atoms with van der Waals surface area (Å²) in [6.07, 6.45) is 13.9. The van der Waals surface area contributed by atoms with Gasteiger partial charge in [0.2, 0.25) is 0 Å². The van der Waals surface area contributed by atoms with E-state index in [0.29, 0.717) is 18.8 Å². The molecule has 25 heavy (non-hydrogen) atoms. The second-order valence-corrected chi connectivity index (χ2v) is 7.36. The quantitative estimate of drug-likeness (QED) is 0.806. The van der Waals surface area contributed by atoms with Gasteiger partial charge in [0.1, 0.15) is 0 Å². The molecular formula is C20H28N4O. The number of hydrogen-bond donors (Lipinski definition) is 0. The van der Waals surface area contributed by atoms with Gasteiger partial charge in [0.15, 0.2) is 0 Å². The van der Waals surface area contributed by atoms with E-state index in [-0.39, 0.29) is 0 Å². The van der Waals surface area contributed by atoms with Crippen LogP contribution in [0.25, 0.3) is 0 Å².